The molecule has 0 radical (unpaired) electrons. The largest absolute Gasteiger partial charge is 0.484 e. The normalized spacial score (nSPS) is 10.6. The minimum atomic E-state index is -0.270. The Morgan fingerprint density at radius 1 is 1.26 bits per heavy atom. The van der Waals surface area contributed by atoms with E-state index in [1.54, 1.807) is 37.4 Å². The number of nitrogens with one attached hydrogen (secondary N) is 1. The predicted molar refractivity (Wildman–Crippen MR) is 88.3 cm³/mol. The first-order chi connectivity index (χ1) is 11.1. The van der Waals surface area contributed by atoms with E-state index >= 15 is 0 Å². The van der Waals surface area contributed by atoms with Crippen LogP contribution >= 0.6 is 23.2 Å². The van der Waals surface area contributed by atoms with Crippen molar-refractivity contribution in [3.63, 3.8) is 0 Å². The highest BCUT2D eigenvalue weighted by molar-refractivity contribution is 6.42. The molecule has 0 fully saturated rings. The number of carbonyl (C=O) groups excluding carboxylic acids is 1. The van der Waals surface area contributed by atoms with Crippen LogP contribution in [0.4, 0.5) is 0 Å². The van der Waals surface area contributed by atoms with Crippen molar-refractivity contribution in [2.45, 2.75) is 13.0 Å². The summed E-state index contributed by atoms with van der Waals surface area (Å²) in [4.78, 5) is 11.9. The molecule has 0 aliphatic rings. The van der Waals surface area contributed by atoms with Crippen LogP contribution in [0.15, 0.2) is 34.7 Å². The Kier molecular flexibility index (Phi) is 6.77. The van der Waals surface area contributed by atoms with Crippen LogP contribution in [0.2, 0.25) is 10.0 Å². The van der Waals surface area contributed by atoms with Gasteiger partial charge in [-0.1, -0.05) is 29.3 Å². The van der Waals surface area contributed by atoms with Crippen molar-refractivity contribution in [3.05, 3.63) is 51.9 Å². The molecule has 0 aliphatic carbocycles. The number of rotatable bonds is 8. The maximum atomic E-state index is 11.9. The Morgan fingerprint density at radius 2 is 2.09 bits per heavy atom. The van der Waals surface area contributed by atoms with Crippen LogP contribution in [0.1, 0.15) is 22.7 Å². The van der Waals surface area contributed by atoms with Crippen LogP contribution in [0.3, 0.4) is 0 Å². The number of halogens is 2. The van der Waals surface area contributed by atoms with Gasteiger partial charge in [0.1, 0.15) is 23.1 Å². The molecule has 1 N–H and O–H groups in total. The van der Waals surface area contributed by atoms with Gasteiger partial charge >= 0.3 is 0 Å². The number of hydrogen-bond donors (Lipinski definition) is 1. The Bertz CT molecular complexity index is 657. The third-order valence-corrected chi connectivity index (χ3v) is 3.78. The van der Waals surface area contributed by atoms with E-state index in [1.165, 1.54) is 0 Å². The molecule has 0 saturated carbocycles. The van der Waals surface area contributed by atoms with Crippen molar-refractivity contribution in [3.8, 4) is 5.75 Å². The van der Waals surface area contributed by atoms with Gasteiger partial charge in [-0.25, -0.2) is 0 Å². The summed E-state index contributed by atoms with van der Waals surface area (Å²) in [5.74, 6) is 0.940. The van der Waals surface area contributed by atoms with Gasteiger partial charge in [0, 0.05) is 20.3 Å². The van der Waals surface area contributed by atoms with Gasteiger partial charge in [0.05, 0.1) is 5.02 Å². The maximum absolute atomic E-state index is 11.9. The second-order valence-electron chi connectivity index (χ2n) is 4.71. The summed E-state index contributed by atoms with van der Waals surface area (Å²) in [5.41, 5.74) is 0. The van der Waals surface area contributed by atoms with Crippen molar-refractivity contribution < 1.29 is 18.7 Å². The van der Waals surface area contributed by atoms with Crippen molar-refractivity contribution in [2.24, 2.45) is 0 Å². The minimum Gasteiger partial charge on any atom is -0.484 e. The molecule has 0 atom stereocenters. The molecule has 0 spiro atoms. The molecule has 1 aromatic carbocycles. The lowest BCUT2D eigenvalue weighted by Crippen LogP contribution is -2.24. The van der Waals surface area contributed by atoms with Crippen LogP contribution in [-0.2, 0) is 11.3 Å². The summed E-state index contributed by atoms with van der Waals surface area (Å²) in [6.45, 7) is 1.27. The Hall–Kier alpha value is -1.69. The molecule has 0 saturated heterocycles. The van der Waals surface area contributed by atoms with Gasteiger partial charge in [0.2, 0.25) is 0 Å². The second-order valence-corrected chi connectivity index (χ2v) is 5.49. The van der Waals surface area contributed by atoms with Gasteiger partial charge in [0.15, 0.2) is 5.76 Å². The van der Waals surface area contributed by atoms with Gasteiger partial charge in [-0.15, -0.1) is 0 Å². The first-order valence-electron chi connectivity index (χ1n) is 7.04. The zero-order valence-electron chi connectivity index (χ0n) is 12.6. The predicted octanol–water partition coefficient (Wildman–Crippen LogP) is 3.93. The first-order valence-corrected chi connectivity index (χ1v) is 7.80. The van der Waals surface area contributed by atoms with E-state index < -0.39 is 0 Å². The number of methoxy groups -OCH3 is 1. The molecule has 2 rings (SSSR count). The first kappa shape index (κ1) is 17.7. The van der Waals surface area contributed by atoms with Crippen molar-refractivity contribution >= 4 is 29.1 Å². The minimum absolute atomic E-state index is 0.150. The monoisotopic (exact) mass is 357 g/mol. The Balaban J connectivity index is 1.87. The Labute approximate surface area is 144 Å². The van der Waals surface area contributed by atoms with Crippen molar-refractivity contribution in [2.75, 3.05) is 20.3 Å². The zero-order valence-corrected chi connectivity index (χ0v) is 14.1. The number of hydrogen-bond acceptors (Lipinski definition) is 4. The lowest BCUT2D eigenvalue weighted by Gasteiger charge is -2.07. The average Bonchev–Trinajstić information content (AvgIpc) is 3.02. The third kappa shape index (κ3) is 5.16. The molecule has 124 valence electrons. The van der Waals surface area contributed by atoms with E-state index in [1.807, 2.05) is 0 Å². The molecule has 1 amide bonds. The molecular formula is C16H17Cl2NO4. The van der Waals surface area contributed by atoms with Gasteiger partial charge < -0.3 is 19.2 Å². The summed E-state index contributed by atoms with van der Waals surface area (Å²) in [7, 11) is 1.62. The van der Waals surface area contributed by atoms with E-state index in [0.717, 1.165) is 6.42 Å². The van der Waals surface area contributed by atoms with Crippen LogP contribution in [-0.4, -0.2) is 26.2 Å². The SMILES string of the molecule is COCCCNC(=O)c1ccc(COc2cccc(Cl)c2Cl)o1. The van der Waals surface area contributed by atoms with Crippen LogP contribution in [0.25, 0.3) is 0 Å². The fourth-order valence-corrected chi connectivity index (χ4v) is 2.17. The standard InChI is InChI=1S/C16H17Cl2NO4/c1-21-9-3-8-19-16(20)14-7-6-11(23-14)10-22-13-5-2-4-12(17)15(13)18/h2,4-7H,3,8-10H2,1H3,(H,19,20). The molecule has 0 bridgehead atoms. The average molecular weight is 358 g/mol. The number of benzene rings is 1. The summed E-state index contributed by atoms with van der Waals surface area (Å²) >= 11 is 12.0. The highest BCUT2D eigenvalue weighted by Gasteiger charge is 2.12. The second kappa shape index (κ2) is 8.82. The number of amides is 1. The lowest BCUT2D eigenvalue weighted by molar-refractivity contribution is 0.0917. The lowest BCUT2D eigenvalue weighted by atomic mass is 10.3. The van der Waals surface area contributed by atoms with Gasteiger partial charge in [0.25, 0.3) is 5.91 Å². The fraction of sp³-hybridized carbons (Fsp3) is 0.312. The summed E-state index contributed by atoms with van der Waals surface area (Å²) in [6, 6.07) is 8.41. The van der Waals surface area contributed by atoms with Crippen molar-refractivity contribution in [1.29, 1.82) is 0 Å². The highest BCUT2D eigenvalue weighted by atomic mass is 35.5. The third-order valence-electron chi connectivity index (χ3n) is 2.98. The molecule has 5 nitrogen and oxygen atoms in total. The number of furan rings is 1. The smallest absolute Gasteiger partial charge is 0.286 e. The molecule has 1 aromatic heterocycles. The van der Waals surface area contributed by atoms with E-state index in [9.17, 15) is 4.79 Å². The number of ether oxygens (including phenoxy) is 2. The summed E-state index contributed by atoms with van der Waals surface area (Å²) < 4.78 is 15.9. The molecule has 1 heterocycles. The van der Waals surface area contributed by atoms with Gasteiger partial charge in [-0.2, -0.15) is 0 Å². The molecule has 0 aliphatic heterocycles. The highest BCUT2D eigenvalue weighted by Crippen LogP contribution is 2.32. The van der Waals surface area contributed by atoms with Crippen LogP contribution < -0.4 is 10.1 Å². The van der Waals surface area contributed by atoms with E-state index in [-0.39, 0.29) is 18.3 Å². The molecule has 2 aromatic rings. The summed E-state index contributed by atoms with van der Waals surface area (Å²) in [6.07, 6.45) is 0.742. The van der Waals surface area contributed by atoms with Crippen molar-refractivity contribution in [1.82, 2.24) is 5.32 Å². The number of carbonyl (C=O) groups is 1. The molecule has 7 heteroatoms. The van der Waals surface area contributed by atoms with E-state index in [4.69, 9.17) is 37.1 Å². The molecule has 23 heavy (non-hydrogen) atoms. The van der Waals surface area contributed by atoms with E-state index in [0.29, 0.717) is 34.7 Å². The van der Waals surface area contributed by atoms with E-state index in [2.05, 4.69) is 5.32 Å². The summed E-state index contributed by atoms with van der Waals surface area (Å²) in [5, 5.41) is 3.51. The van der Waals surface area contributed by atoms with Crippen LogP contribution in [0, 0.1) is 0 Å². The van der Waals surface area contributed by atoms with Gasteiger partial charge in [-0.3, -0.25) is 4.79 Å². The fourth-order valence-electron chi connectivity index (χ4n) is 1.83. The van der Waals surface area contributed by atoms with Crippen LogP contribution in [0.5, 0.6) is 5.75 Å². The molecule has 0 unspecified atom stereocenters. The Morgan fingerprint density at radius 3 is 2.87 bits per heavy atom. The zero-order chi connectivity index (χ0) is 16.7. The maximum Gasteiger partial charge on any atom is 0.286 e. The quantitative estimate of drug-likeness (QED) is 0.727. The topological polar surface area (TPSA) is 60.7 Å². The molecular weight excluding hydrogens is 341 g/mol. The van der Waals surface area contributed by atoms with Gasteiger partial charge in [-0.05, 0) is 30.7 Å².